The highest BCUT2D eigenvalue weighted by Crippen LogP contribution is 2.41. The number of ether oxygens (including phenoxy) is 1. The van der Waals surface area contributed by atoms with E-state index in [1.54, 1.807) is 6.92 Å². The summed E-state index contributed by atoms with van der Waals surface area (Å²) >= 11 is 0. The van der Waals surface area contributed by atoms with Crippen molar-refractivity contribution in [2.45, 2.75) is 38.5 Å². The fourth-order valence-corrected chi connectivity index (χ4v) is 2.34. The quantitative estimate of drug-likeness (QED) is 0.770. The number of alkyl halides is 3. The molecule has 4 nitrogen and oxygen atoms in total. The van der Waals surface area contributed by atoms with Crippen molar-refractivity contribution in [3.8, 4) is 5.75 Å². The second kappa shape index (κ2) is 7.21. The topological polar surface area (TPSA) is 66.8 Å². The lowest BCUT2D eigenvalue weighted by molar-refractivity contribution is -0.258. The van der Waals surface area contributed by atoms with E-state index in [1.807, 2.05) is 0 Å². The molecule has 0 radical (unpaired) electrons. The van der Waals surface area contributed by atoms with E-state index >= 15 is 0 Å². The summed E-state index contributed by atoms with van der Waals surface area (Å²) in [5, 5.41) is 18.5. The van der Waals surface area contributed by atoms with Crippen molar-refractivity contribution in [2.24, 2.45) is 0 Å². The van der Waals surface area contributed by atoms with Crippen molar-refractivity contribution < 1.29 is 37.3 Å². The molecule has 134 valence electrons. The van der Waals surface area contributed by atoms with Crippen LogP contribution >= 0.6 is 0 Å². The average molecular weight is 350 g/mol. The van der Waals surface area contributed by atoms with Gasteiger partial charge in [0, 0.05) is 17.5 Å². The smallest absolute Gasteiger partial charge is 0.428 e. The van der Waals surface area contributed by atoms with E-state index in [4.69, 9.17) is 9.84 Å². The van der Waals surface area contributed by atoms with Crippen LogP contribution < -0.4 is 4.74 Å². The zero-order chi connectivity index (χ0) is 18.7. The zero-order valence-electron chi connectivity index (χ0n) is 13.4. The molecule has 0 aliphatic carbocycles. The Hall–Kier alpha value is -2.09. The Balaban J connectivity index is 3.47. The van der Waals surface area contributed by atoms with Crippen LogP contribution in [0, 0.1) is 5.82 Å². The second-order valence-electron chi connectivity index (χ2n) is 5.11. The first kappa shape index (κ1) is 20.0. The van der Waals surface area contributed by atoms with Gasteiger partial charge in [-0.2, -0.15) is 13.2 Å². The molecule has 1 aromatic rings. The average Bonchev–Trinajstić information content (AvgIpc) is 2.50. The first-order chi connectivity index (χ1) is 11.0. The van der Waals surface area contributed by atoms with Crippen molar-refractivity contribution in [1.29, 1.82) is 0 Å². The van der Waals surface area contributed by atoms with Crippen LogP contribution in [0.5, 0.6) is 5.75 Å². The van der Waals surface area contributed by atoms with Crippen LogP contribution in [0.4, 0.5) is 17.6 Å². The number of hydrogen-bond donors (Lipinski definition) is 2. The Morgan fingerprint density at radius 2 is 1.92 bits per heavy atom. The maximum atomic E-state index is 13.8. The van der Waals surface area contributed by atoms with Crippen molar-refractivity contribution >= 4 is 11.5 Å². The number of carboxylic acid groups (broad SMARTS) is 1. The number of hydrogen-bond acceptors (Lipinski definition) is 3. The Bertz CT molecular complexity index is 652. The fourth-order valence-electron chi connectivity index (χ4n) is 2.34. The summed E-state index contributed by atoms with van der Waals surface area (Å²) in [7, 11) is 1.23. The first-order valence-corrected chi connectivity index (χ1v) is 7.06. The van der Waals surface area contributed by atoms with E-state index in [9.17, 15) is 27.5 Å². The standard InChI is InChI=1S/C16H18F4O4/c1-4-9(8-15(23,14(21)22)16(18,19)20)11-6-7-12(17)10(5-2)13(11)24-3/h4,6-7,23H,5,8H2,1-3H3,(H,21,22). The minimum absolute atomic E-state index is 0.0144. The van der Waals surface area contributed by atoms with Gasteiger partial charge in [-0.3, -0.25) is 0 Å². The Morgan fingerprint density at radius 1 is 1.33 bits per heavy atom. The van der Waals surface area contributed by atoms with Crippen LogP contribution in [0.25, 0.3) is 5.57 Å². The highest BCUT2D eigenvalue weighted by atomic mass is 19.4. The molecule has 1 unspecified atom stereocenters. The molecule has 1 rings (SSSR count). The number of aliphatic hydroxyl groups is 1. The summed E-state index contributed by atoms with van der Waals surface area (Å²) in [6.07, 6.45) is -5.15. The number of aliphatic carboxylic acids is 1. The van der Waals surface area contributed by atoms with Gasteiger partial charge >= 0.3 is 12.1 Å². The molecule has 0 saturated heterocycles. The summed E-state index contributed by atoms with van der Waals surface area (Å²) < 4.78 is 57.9. The third-order valence-corrected chi connectivity index (χ3v) is 3.72. The van der Waals surface area contributed by atoms with E-state index in [0.29, 0.717) is 0 Å². The lowest BCUT2D eigenvalue weighted by atomic mass is 9.88. The lowest BCUT2D eigenvalue weighted by Crippen LogP contribution is -2.52. The van der Waals surface area contributed by atoms with Gasteiger partial charge < -0.3 is 14.9 Å². The molecule has 0 saturated carbocycles. The number of methoxy groups -OCH3 is 1. The Labute approximate surface area is 136 Å². The predicted molar refractivity (Wildman–Crippen MR) is 79.2 cm³/mol. The van der Waals surface area contributed by atoms with E-state index in [2.05, 4.69) is 0 Å². The molecule has 8 heteroatoms. The molecule has 0 bridgehead atoms. The number of rotatable bonds is 6. The van der Waals surface area contributed by atoms with E-state index < -0.39 is 30.0 Å². The van der Waals surface area contributed by atoms with Crippen molar-refractivity contribution in [2.75, 3.05) is 7.11 Å². The van der Waals surface area contributed by atoms with E-state index in [0.717, 1.165) is 6.07 Å². The molecule has 0 aliphatic heterocycles. The largest absolute Gasteiger partial charge is 0.496 e. The predicted octanol–water partition coefficient (Wildman–Crippen LogP) is 3.57. The molecule has 0 amide bonds. The Morgan fingerprint density at radius 3 is 2.29 bits per heavy atom. The van der Waals surface area contributed by atoms with Crippen LogP contribution in [0.1, 0.15) is 31.4 Å². The summed E-state index contributed by atoms with van der Waals surface area (Å²) in [4.78, 5) is 11.0. The van der Waals surface area contributed by atoms with Crippen LogP contribution in [-0.4, -0.2) is 35.1 Å². The molecule has 1 aromatic carbocycles. The van der Waals surface area contributed by atoms with Gasteiger partial charge in [-0.05, 0) is 31.1 Å². The summed E-state index contributed by atoms with van der Waals surface area (Å²) in [5.41, 5.74) is -3.83. The maximum absolute atomic E-state index is 13.8. The summed E-state index contributed by atoms with van der Waals surface area (Å²) in [6, 6.07) is 2.26. The second-order valence-corrected chi connectivity index (χ2v) is 5.11. The van der Waals surface area contributed by atoms with Gasteiger partial charge in [0.15, 0.2) is 0 Å². The Kier molecular flexibility index (Phi) is 5.99. The van der Waals surface area contributed by atoms with Gasteiger partial charge in [0.05, 0.1) is 7.11 Å². The number of benzene rings is 1. The van der Waals surface area contributed by atoms with Gasteiger partial charge in [-0.1, -0.05) is 13.0 Å². The summed E-state index contributed by atoms with van der Waals surface area (Å²) in [5.74, 6) is -2.98. The molecule has 1 atom stereocenters. The molecule has 2 N–H and O–H groups in total. The third kappa shape index (κ3) is 3.53. The third-order valence-electron chi connectivity index (χ3n) is 3.72. The number of halogens is 4. The minimum atomic E-state index is -5.38. The van der Waals surface area contributed by atoms with Gasteiger partial charge in [-0.15, -0.1) is 0 Å². The molecule has 0 aliphatic rings. The SMILES string of the molecule is CC=C(CC(O)(C(=O)O)C(F)(F)F)c1ccc(F)c(CC)c1OC. The van der Waals surface area contributed by atoms with Crippen molar-refractivity contribution in [3.05, 3.63) is 35.2 Å². The molecule has 0 aromatic heterocycles. The molecule has 0 spiro atoms. The number of carboxylic acids is 1. The zero-order valence-corrected chi connectivity index (χ0v) is 13.4. The highest BCUT2D eigenvalue weighted by molar-refractivity contribution is 5.83. The lowest BCUT2D eigenvalue weighted by Gasteiger charge is -2.28. The van der Waals surface area contributed by atoms with Gasteiger partial charge in [0.2, 0.25) is 0 Å². The van der Waals surface area contributed by atoms with Crippen molar-refractivity contribution in [3.63, 3.8) is 0 Å². The maximum Gasteiger partial charge on any atom is 0.428 e. The fraction of sp³-hybridized carbons (Fsp3) is 0.438. The minimum Gasteiger partial charge on any atom is -0.496 e. The monoisotopic (exact) mass is 350 g/mol. The normalized spacial score (nSPS) is 15.1. The van der Waals surface area contributed by atoms with Gasteiger partial charge in [0.25, 0.3) is 5.60 Å². The van der Waals surface area contributed by atoms with E-state index in [-0.39, 0.29) is 28.9 Å². The summed E-state index contributed by atoms with van der Waals surface area (Å²) in [6.45, 7) is 3.03. The van der Waals surface area contributed by atoms with Crippen LogP contribution in [0.15, 0.2) is 18.2 Å². The molecule has 0 heterocycles. The van der Waals surface area contributed by atoms with Crippen LogP contribution in [0.2, 0.25) is 0 Å². The highest BCUT2D eigenvalue weighted by Gasteiger charge is 2.60. The number of carbonyl (C=O) groups is 1. The van der Waals surface area contributed by atoms with Crippen molar-refractivity contribution in [1.82, 2.24) is 0 Å². The molecule has 24 heavy (non-hydrogen) atoms. The molecular formula is C16H18F4O4. The molecular weight excluding hydrogens is 332 g/mol. The number of allylic oxidation sites excluding steroid dienone is 1. The molecule has 0 fully saturated rings. The van der Waals surface area contributed by atoms with E-state index in [1.165, 1.54) is 26.2 Å². The van der Waals surface area contributed by atoms with Gasteiger partial charge in [-0.25, -0.2) is 9.18 Å². The first-order valence-electron chi connectivity index (χ1n) is 7.06. The van der Waals surface area contributed by atoms with Crippen LogP contribution in [0.3, 0.4) is 0 Å². The van der Waals surface area contributed by atoms with Crippen LogP contribution in [-0.2, 0) is 11.2 Å². The van der Waals surface area contributed by atoms with Gasteiger partial charge in [0.1, 0.15) is 11.6 Å².